The summed E-state index contributed by atoms with van der Waals surface area (Å²) in [6, 6.07) is 26.1. The molecule has 2 heterocycles. The fraction of sp³-hybridized carbons (Fsp3) is 0.0435. The van der Waals surface area contributed by atoms with E-state index in [9.17, 15) is 4.79 Å². The van der Waals surface area contributed by atoms with Gasteiger partial charge < -0.3 is 0 Å². The Morgan fingerprint density at radius 2 is 1.71 bits per heavy atom. The van der Waals surface area contributed by atoms with Crippen LogP contribution < -0.4 is 4.90 Å². The van der Waals surface area contributed by atoms with E-state index >= 15 is 0 Å². The summed E-state index contributed by atoms with van der Waals surface area (Å²) in [7, 11) is 0. The van der Waals surface area contributed by atoms with Crippen LogP contribution in [0.15, 0.2) is 88.3 Å². The number of thiophene rings is 1. The quantitative estimate of drug-likeness (QED) is 0.361. The number of nitrogens with zero attached hydrogens (tertiary/aromatic N) is 2. The van der Waals surface area contributed by atoms with Gasteiger partial charge in [-0.25, -0.2) is 0 Å². The minimum Gasteiger partial charge on any atom is -0.277 e. The molecule has 0 unspecified atom stereocenters. The SMILES string of the molecule is O=C1CN=C(c2cccc(Br)c2)c2sc3ccccc3c2N1c1ccccc1. The predicted octanol–water partition coefficient (Wildman–Crippen LogP) is 6.18. The highest BCUT2D eigenvalue weighted by Gasteiger charge is 2.30. The maximum atomic E-state index is 13.2. The van der Waals surface area contributed by atoms with Crippen molar-refractivity contribution in [3.63, 3.8) is 0 Å². The van der Waals surface area contributed by atoms with Crippen molar-refractivity contribution < 1.29 is 4.79 Å². The minimum atomic E-state index is -0.0269. The molecule has 28 heavy (non-hydrogen) atoms. The van der Waals surface area contributed by atoms with Gasteiger partial charge in [-0.15, -0.1) is 11.3 Å². The van der Waals surface area contributed by atoms with Gasteiger partial charge in [-0.2, -0.15) is 0 Å². The number of carbonyl (C=O) groups excluding carboxylic acids is 1. The monoisotopic (exact) mass is 446 g/mol. The third kappa shape index (κ3) is 2.87. The smallest absolute Gasteiger partial charge is 0.253 e. The zero-order valence-electron chi connectivity index (χ0n) is 14.8. The molecule has 1 aliphatic heterocycles. The first-order valence-electron chi connectivity index (χ1n) is 8.92. The van der Waals surface area contributed by atoms with Gasteiger partial charge in [0.05, 0.1) is 16.3 Å². The number of para-hydroxylation sites is 1. The van der Waals surface area contributed by atoms with E-state index in [4.69, 9.17) is 4.99 Å². The van der Waals surface area contributed by atoms with E-state index in [0.717, 1.165) is 42.1 Å². The van der Waals surface area contributed by atoms with Gasteiger partial charge in [0.2, 0.25) is 0 Å². The molecule has 0 spiro atoms. The summed E-state index contributed by atoms with van der Waals surface area (Å²) in [4.78, 5) is 20.8. The highest BCUT2D eigenvalue weighted by molar-refractivity contribution is 9.10. The first kappa shape index (κ1) is 17.3. The van der Waals surface area contributed by atoms with Crippen molar-refractivity contribution in [3.05, 3.63) is 93.8 Å². The maximum absolute atomic E-state index is 13.2. The Morgan fingerprint density at radius 1 is 0.929 bits per heavy atom. The molecule has 1 aromatic heterocycles. The Morgan fingerprint density at radius 3 is 2.54 bits per heavy atom. The Bertz CT molecular complexity index is 1230. The van der Waals surface area contributed by atoms with E-state index in [2.05, 4.69) is 34.1 Å². The molecule has 0 bridgehead atoms. The van der Waals surface area contributed by atoms with E-state index < -0.39 is 0 Å². The molecule has 136 valence electrons. The standard InChI is InChI=1S/C23H15BrN2OS/c24-16-8-6-7-15(13-16)21-23-22(18-11-4-5-12-19(18)28-23)26(20(27)14-25-21)17-9-2-1-3-10-17/h1-13H,14H2. The molecule has 3 nitrogen and oxygen atoms in total. The van der Waals surface area contributed by atoms with Crippen LogP contribution in [-0.4, -0.2) is 18.2 Å². The number of benzene rings is 3. The highest BCUT2D eigenvalue weighted by Crippen LogP contribution is 2.44. The molecular weight excluding hydrogens is 432 g/mol. The second kappa shape index (κ2) is 7.00. The second-order valence-electron chi connectivity index (χ2n) is 6.52. The van der Waals surface area contributed by atoms with Crippen LogP contribution in [0.25, 0.3) is 10.1 Å². The van der Waals surface area contributed by atoms with Crippen molar-refractivity contribution in [2.75, 3.05) is 11.4 Å². The van der Waals surface area contributed by atoms with Crippen LogP contribution in [0, 0.1) is 0 Å². The first-order valence-corrected chi connectivity index (χ1v) is 10.5. The predicted molar refractivity (Wildman–Crippen MR) is 120 cm³/mol. The Labute approximate surface area is 175 Å². The van der Waals surface area contributed by atoms with E-state index in [1.54, 1.807) is 11.3 Å². The van der Waals surface area contributed by atoms with Crippen molar-refractivity contribution in [1.82, 2.24) is 0 Å². The summed E-state index contributed by atoms with van der Waals surface area (Å²) < 4.78 is 2.14. The van der Waals surface area contributed by atoms with Crippen molar-refractivity contribution >= 4 is 60.3 Å². The lowest BCUT2D eigenvalue weighted by atomic mass is 10.1. The van der Waals surface area contributed by atoms with Gasteiger partial charge in [0.1, 0.15) is 6.54 Å². The fourth-order valence-electron chi connectivity index (χ4n) is 3.54. The molecule has 0 atom stereocenters. The molecule has 5 heteroatoms. The summed E-state index contributed by atoms with van der Waals surface area (Å²) in [5.41, 5.74) is 3.66. The molecular formula is C23H15BrN2OS. The van der Waals surface area contributed by atoms with Crippen LogP contribution in [-0.2, 0) is 4.79 Å². The van der Waals surface area contributed by atoms with Gasteiger partial charge in [0.15, 0.2) is 0 Å². The molecule has 1 amide bonds. The molecule has 0 N–H and O–H groups in total. The second-order valence-corrected chi connectivity index (χ2v) is 8.48. The minimum absolute atomic E-state index is 0.0269. The number of halogens is 1. The van der Waals surface area contributed by atoms with E-state index in [0.29, 0.717) is 0 Å². The summed E-state index contributed by atoms with van der Waals surface area (Å²) in [5.74, 6) is -0.0269. The zero-order chi connectivity index (χ0) is 19.1. The van der Waals surface area contributed by atoms with Crippen molar-refractivity contribution in [1.29, 1.82) is 0 Å². The van der Waals surface area contributed by atoms with Crippen molar-refractivity contribution in [2.24, 2.45) is 4.99 Å². The van der Waals surface area contributed by atoms with E-state index in [1.165, 1.54) is 0 Å². The normalized spacial score (nSPS) is 14.0. The molecule has 0 saturated heterocycles. The summed E-state index contributed by atoms with van der Waals surface area (Å²) in [6.07, 6.45) is 0. The lowest BCUT2D eigenvalue weighted by Crippen LogP contribution is -2.27. The summed E-state index contributed by atoms with van der Waals surface area (Å²) in [6.45, 7) is 0.118. The maximum Gasteiger partial charge on any atom is 0.253 e. The van der Waals surface area contributed by atoms with Crippen LogP contribution in [0.4, 0.5) is 11.4 Å². The lowest BCUT2D eigenvalue weighted by molar-refractivity contribution is -0.116. The Hall–Kier alpha value is -2.76. The number of fused-ring (bicyclic) bond motifs is 3. The molecule has 0 aliphatic carbocycles. The van der Waals surface area contributed by atoms with Gasteiger partial charge in [0.25, 0.3) is 5.91 Å². The number of anilines is 2. The zero-order valence-corrected chi connectivity index (χ0v) is 17.2. The van der Waals surface area contributed by atoms with Gasteiger partial charge in [-0.1, -0.05) is 64.5 Å². The van der Waals surface area contributed by atoms with Crippen LogP contribution in [0.2, 0.25) is 0 Å². The van der Waals surface area contributed by atoms with E-state index in [1.807, 2.05) is 65.6 Å². The van der Waals surface area contributed by atoms with Crippen molar-refractivity contribution in [3.8, 4) is 0 Å². The van der Waals surface area contributed by atoms with Crippen LogP contribution in [0.1, 0.15) is 10.4 Å². The average Bonchev–Trinajstić information content (AvgIpc) is 3.01. The molecule has 5 rings (SSSR count). The third-order valence-corrected chi connectivity index (χ3v) is 6.40. The van der Waals surface area contributed by atoms with Crippen LogP contribution in [0.3, 0.4) is 0 Å². The molecule has 3 aromatic carbocycles. The third-order valence-electron chi connectivity index (χ3n) is 4.74. The van der Waals surface area contributed by atoms with Crippen LogP contribution >= 0.6 is 27.3 Å². The number of hydrogen-bond donors (Lipinski definition) is 0. The van der Waals surface area contributed by atoms with Gasteiger partial charge in [0, 0.05) is 25.8 Å². The molecule has 0 saturated carbocycles. The number of amides is 1. The molecule has 0 fully saturated rings. The molecule has 1 aliphatic rings. The Balaban J connectivity index is 1.81. The number of rotatable bonds is 2. The summed E-state index contributed by atoms with van der Waals surface area (Å²) in [5, 5.41) is 1.07. The molecule has 4 aromatic rings. The average molecular weight is 447 g/mol. The largest absolute Gasteiger partial charge is 0.277 e. The molecule has 0 radical (unpaired) electrons. The lowest BCUT2D eigenvalue weighted by Gasteiger charge is -2.21. The summed E-state index contributed by atoms with van der Waals surface area (Å²) >= 11 is 5.24. The number of aliphatic imine (C=N–C) groups is 1. The fourth-order valence-corrected chi connectivity index (χ4v) is 5.15. The van der Waals surface area contributed by atoms with E-state index in [-0.39, 0.29) is 12.5 Å². The number of hydrogen-bond acceptors (Lipinski definition) is 3. The first-order chi connectivity index (χ1) is 13.7. The van der Waals surface area contributed by atoms with Crippen molar-refractivity contribution in [2.45, 2.75) is 0 Å². The Kier molecular flexibility index (Phi) is 4.34. The van der Waals surface area contributed by atoms with Gasteiger partial charge in [-0.3, -0.25) is 14.7 Å². The van der Waals surface area contributed by atoms with Gasteiger partial charge in [-0.05, 0) is 30.3 Å². The van der Waals surface area contributed by atoms with Crippen LogP contribution in [0.5, 0.6) is 0 Å². The highest BCUT2D eigenvalue weighted by atomic mass is 79.9. The topological polar surface area (TPSA) is 32.7 Å². The van der Waals surface area contributed by atoms with Gasteiger partial charge >= 0.3 is 0 Å². The number of carbonyl (C=O) groups is 1.